The zero-order valence-corrected chi connectivity index (χ0v) is 6.63. The van der Waals surface area contributed by atoms with Crippen molar-refractivity contribution in [1.29, 1.82) is 0 Å². The van der Waals surface area contributed by atoms with E-state index in [1.165, 1.54) is 25.0 Å². The van der Waals surface area contributed by atoms with Crippen LogP contribution >= 0.6 is 0 Å². The molecule has 0 N–H and O–H groups in total. The molecule has 0 aliphatic rings. The zero-order valence-electron chi connectivity index (χ0n) is 11.6. The molecule has 0 spiro atoms. The van der Waals surface area contributed by atoms with E-state index in [1.807, 2.05) is 0 Å². The Morgan fingerprint density at radius 1 is 1.40 bits per heavy atom. The fourth-order valence-corrected chi connectivity index (χ4v) is 1.22. The summed E-state index contributed by atoms with van der Waals surface area (Å²) in [6.07, 6.45) is 2.73. The van der Waals surface area contributed by atoms with Crippen LogP contribution in [0.2, 0.25) is 19.5 Å². The average molecular weight is 158 g/mol. The first kappa shape index (κ1) is 2.74. The highest BCUT2D eigenvalue weighted by Gasteiger charge is 2.18. The van der Waals surface area contributed by atoms with Crippen LogP contribution in [-0.2, 0) is 0 Å². The molecule has 0 aliphatic heterocycles. The first-order chi connectivity index (χ1) is 7.11. The van der Waals surface area contributed by atoms with Gasteiger partial charge in [0.05, 0.1) is 0 Å². The molecule has 1 heterocycles. The first-order valence-electron chi connectivity index (χ1n) is 5.88. The zero-order chi connectivity index (χ0) is 12.6. The number of hydrogen-bond donors (Lipinski definition) is 0. The molecule has 1 rings (SSSR count). The van der Waals surface area contributed by atoms with E-state index < -0.39 is 21.0 Å². The van der Waals surface area contributed by atoms with Gasteiger partial charge >= 0.3 is 0 Å². The van der Waals surface area contributed by atoms with Gasteiger partial charge in [0.1, 0.15) is 13.5 Å². The lowest BCUT2D eigenvalue weighted by Crippen LogP contribution is -2.41. The van der Waals surface area contributed by atoms with Crippen LogP contribution in [0.1, 0.15) is 8.22 Å². The fourth-order valence-electron chi connectivity index (χ4n) is 0.557. The van der Waals surface area contributed by atoms with Crippen LogP contribution in [0.5, 0.6) is 0 Å². The Hall–Kier alpha value is -0.703. The topological polar surface area (TPSA) is 25.8 Å². The summed E-state index contributed by atoms with van der Waals surface area (Å²) in [4.78, 5) is 7.63. The molecule has 1 aromatic rings. The van der Waals surface area contributed by atoms with Crippen molar-refractivity contribution < 1.29 is 8.22 Å². The van der Waals surface area contributed by atoms with E-state index in [0.29, 0.717) is 0 Å². The van der Waals surface area contributed by atoms with Crippen molar-refractivity contribution in [1.82, 2.24) is 9.97 Å². The molecule has 54 valence electrons. The van der Waals surface area contributed by atoms with Crippen molar-refractivity contribution in [2.24, 2.45) is 0 Å². The number of nitrogens with zero attached hydrogens (tertiary/aromatic N) is 2. The van der Waals surface area contributed by atoms with Gasteiger partial charge in [0, 0.05) is 20.6 Å². The second kappa shape index (κ2) is 2.50. The Bertz CT molecular complexity index is 345. The Balaban J connectivity index is 3.39. The summed E-state index contributed by atoms with van der Waals surface area (Å²) in [5.41, 5.74) is -0.0463. The van der Waals surface area contributed by atoms with E-state index >= 15 is 0 Å². The maximum absolute atomic E-state index is 7.43. The van der Waals surface area contributed by atoms with Crippen LogP contribution in [0, 0.1) is 0 Å². The highest BCUT2D eigenvalue weighted by Crippen LogP contribution is 1.95. The molecule has 1 aromatic heterocycles. The molecule has 0 unspecified atom stereocenters. The molecular formula is C7H12N2Si. The van der Waals surface area contributed by atoms with Gasteiger partial charge < -0.3 is 0 Å². The molecule has 0 aromatic carbocycles. The van der Waals surface area contributed by atoms with E-state index in [0.717, 1.165) is 0 Å². The number of aromatic nitrogens is 2. The van der Waals surface area contributed by atoms with Crippen molar-refractivity contribution in [3.63, 3.8) is 0 Å². The molecule has 0 bridgehead atoms. The minimum atomic E-state index is -3.75. The molecule has 3 heteroatoms. The normalized spacial score (nSPS) is 22.9. The van der Waals surface area contributed by atoms with Gasteiger partial charge in [-0.15, -0.1) is 0 Å². The van der Waals surface area contributed by atoms with Crippen LogP contribution in [0.15, 0.2) is 18.5 Å². The van der Waals surface area contributed by atoms with Gasteiger partial charge in [0.2, 0.25) is 0 Å². The van der Waals surface area contributed by atoms with Crippen LogP contribution in [0.3, 0.4) is 0 Å². The van der Waals surface area contributed by atoms with Crippen molar-refractivity contribution in [2.75, 3.05) is 0 Å². The van der Waals surface area contributed by atoms with Gasteiger partial charge in [-0.3, -0.25) is 0 Å². The van der Waals surface area contributed by atoms with Crippen molar-refractivity contribution in [2.45, 2.75) is 19.5 Å². The molecule has 0 saturated heterocycles. The molecule has 0 atom stereocenters. The second-order valence-corrected chi connectivity index (χ2v) is 4.89. The van der Waals surface area contributed by atoms with Crippen molar-refractivity contribution in [3.8, 4) is 0 Å². The minimum Gasteiger partial charge on any atom is -0.247 e. The van der Waals surface area contributed by atoms with Crippen molar-refractivity contribution in [3.05, 3.63) is 18.5 Å². The Kier molecular flexibility index (Phi) is 0.683. The SMILES string of the molecule is [2H]C([2H])([2H])[Si](C)(c1ncccn1)C([2H])([2H])[2H]. The highest BCUT2D eigenvalue weighted by atomic mass is 28.3. The average Bonchev–Trinajstić information content (AvgIpc) is 2.14. The monoisotopic (exact) mass is 158 g/mol. The summed E-state index contributed by atoms with van der Waals surface area (Å²) in [5.74, 6) is 0. The van der Waals surface area contributed by atoms with Crippen molar-refractivity contribution >= 4 is 13.5 Å². The third-order valence-electron chi connectivity index (χ3n) is 1.01. The molecule has 0 aliphatic carbocycles. The smallest absolute Gasteiger partial charge is 0.125 e. The number of rotatable bonds is 1. The summed E-state index contributed by atoms with van der Waals surface area (Å²) in [6, 6.07) is 1.53. The van der Waals surface area contributed by atoms with Crippen LogP contribution in [-0.4, -0.2) is 18.0 Å². The Morgan fingerprint density at radius 3 is 2.50 bits per heavy atom. The molecule has 2 nitrogen and oxygen atoms in total. The van der Waals surface area contributed by atoms with E-state index in [-0.39, 0.29) is 5.45 Å². The van der Waals surface area contributed by atoms with Crippen LogP contribution in [0.4, 0.5) is 0 Å². The maximum Gasteiger partial charge on any atom is 0.125 e. The second-order valence-electron chi connectivity index (χ2n) is 2.20. The summed E-state index contributed by atoms with van der Waals surface area (Å²) < 4.78 is 44.6. The van der Waals surface area contributed by atoms with Gasteiger partial charge in [-0.05, 0) is 6.07 Å². The lowest BCUT2D eigenvalue weighted by molar-refractivity contribution is 1.21. The lowest BCUT2D eigenvalue weighted by atomic mass is 10.7. The first-order valence-corrected chi connectivity index (χ1v) is 5.38. The maximum atomic E-state index is 7.43. The molecule has 0 radical (unpaired) electrons. The summed E-state index contributed by atoms with van der Waals surface area (Å²) in [6.45, 7) is -3.83. The molecule has 0 saturated carbocycles. The van der Waals surface area contributed by atoms with Gasteiger partial charge in [-0.25, -0.2) is 9.97 Å². The predicted octanol–water partition coefficient (Wildman–Crippen LogP) is 1.02. The third kappa shape index (κ3) is 1.64. The molecule has 0 amide bonds. The van der Waals surface area contributed by atoms with Gasteiger partial charge in [-0.1, -0.05) is 19.5 Å². The van der Waals surface area contributed by atoms with E-state index in [9.17, 15) is 0 Å². The molecule has 0 fully saturated rings. The summed E-state index contributed by atoms with van der Waals surface area (Å²) in [5, 5.41) is 0. The summed E-state index contributed by atoms with van der Waals surface area (Å²) >= 11 is 0. The standard InChI is InChI=1S/C7H12N2Si/c1-10(2,3)7-8-5-4-6-9-7/h4-6H,1-3H3/i1D3,2D3. The van der Waals surface area contributed by atoms with Crippen LogP contribution in [0.25, 0.3) is 0 Å². The van der Waals surface area contributed by atoms with Crippen LogP contribution < -0.4 is 5.45 Å². The Labute approximate surface area is 70.8 Å². The fraction of sp³-hybridized carbons (Fsp3) is 0.429. The number of hydrogen-bond acceptors (Lipinski definition) is 2. The van der Waals surface area contributed by atoms with Gasteiger partial charge in [-0.2, -0.15) is 0 Å². The largest absolute Gasteiger partial charge is 0.247 e. The molecular weight excluding hydrogens is 140 g/mol. The van der Waals surface area contributed by atoms with E-state index in [4.69, 9.17) is 8.22 Å². The van der Waals surface area contributed by atoms with E-state index in [2.05, 4.69) is 9.97 Å². The molecule has 10 heavy (non-hydrogen) atoms. The Morgan fingerprint density at radius 2 is 2.00 bits per heavy atom. The lowest BCUT2D eigenvalue weighted by Gasteiger charge is -2.11. The predicted molar refractivity (Wildman–Crippen MR) is 45.0 cm³/mol. The highest BCUT2D eigenvalue weighted by molar-refractivity contribution is 6.87. The third-order valence-corrected chi connectivity index (χ3v) is 2.17. The summed E-state index contributed by atoms with van der Waals surface area (Å²) in [7, 11) is -3.75. The van der Waals surface area contributed by atoms with Gasteiger partial charge in [0.15, 0.2) is 0 Å². The van der Waals surface area contributed by atoms with Gasteiger partial charge in [0.25, 0.3) is 0 Å². The minimum absolute atomic E-state index is 0.0463. The van der Waals surface area contributed by atoms with E-state index in [1.54, 1.807) is 0 Å². The quantitative estimate of drug-likeness (QED) is 0.570.